The lowest BCUT2D eigenvalue weighted by molar-refractivity contribution is -0.123. The molecule has 0 unspecified atom stereocenters. The van der Waals surface area contributed by atoms with Crippen molar-refractivity contribution in [2.45, 2.75) is 13.0 Å². The second kappa shape index (κ2) is 7.17. The summed E-state index contributed by atoms with van der Waals surface area (Å²) in [4.78, 5) is 23.9. The number of anilines is 1. The van der Waals surface area contributed by atoms with Crippen LogP contribution in [0, 0.1) is 5.82 Å². The normalized spacial score (nSPS) is 11.6. The molecule has 0 aliphatic rings. The molecular weight excluding hydrogens is 353 g/mol. The third-order valence-corrected chi connectivity index (χ3v) is 3.57. The van der Waals surface area contributed by atoms with Crippen LogP contribution >= 0.6 is 15.9 Å². The minimum atomic E-state index is -1.06. The lowest BCUT2D eigenvalue weighted by Gasteiger charge is -2.14. The number of amides is 1. The Labute approximate surface area is 135 Å². The largest absolute Gasteiger partial charge is 0.449 e. The molecule has 22 heavy (non-hydrogen) atoms. The van der Waals surface area contributed by atoms with Crippen LogP contribution in [0.3, 0.4) is 0 Å². The fourth-order valence-corrected chi connectivity index (χ4v) is 2.15. The number of carbonyl (C=O) groups is 2. The van der Waals surface area contributed by atoms with Crippen LogP contribution in [0.2, 0.25) is 0 Å². The maximum atomic E-state index is 13.5. The van der Waals surface area contributed by atoms with Gasteiger partial charge in [-0.15, -0.1) is 0 Å². The van der Waals surface area contributed by atoms with E-state index >= 15 is 0 Å². The van der Waals surface area contributed by atoms with E-state index in [4.69, 9.17) is 4.74 Å². The number of ether oxygens (including phenoxy) is 1. The standard InChI is InChI=1S/C16H13BrFNO3/c1-10(15(20)19-14-9-5-4-8-13(14)18)22-16(21)11-6-2-3-7-12(11)17/h2-10H,1H3,(H,19,20)/t10-/m0/s1. The van der Waals surface area contributed by atoms with Crippen molar-refractivity contribution in [1.29, 1.82) is 0 Å². The van der Waals surface area contributed by atoms with Crippen molar-refractivity contribution in [3.63, 3.8) is 0 Å². The Kier molecular flexibility index (Phi) is 5.27. The highest BCUT2D eigenvalue weighted by Gasteiger charge is 2.21. The molecule has 6 heteroatoms. The topological polar surface area (TPSA) is 55.4 Å². The molecule has 4 nitrogen and oxygen atoms in total. The van der Waals surface area contributed by atoms with Gasteiger partial charge in [0, 0.05) is 4.47 Å². The molecule has 2 rings (SSSR count). The molecule has 0 aliphatic carbocycles. The Morgan fingerprint density at radius 3 is 2.45 bits per heavy atom. The Morgan fingerprint density at radius 1 is 1.14 bits per heavy atom. The Hall–Kier alpha value is -2.21. The first kappa shape index (κ1) is 16.2. The van der Waals surface area contributed by atoms with Crippen LogP contribution in [0.4, 0.5) is 10.1 Å². The van der Waals surface area contributed by atoms with Crippen LogP contribution in [0.5, 0.6) is 0 Å². The number of benzene rings is 2. The summed E-state index contributed by atoms with van der Waals surface area (Å²) < 4.78 is 19.1. The molecule has 1 atom stereocenters. The highest BCUT2D eigenvalue weighted by atomic mass is 79.9. The zero-order valence-electron chi connectivity index (χ0n) is 11.7. The van der Waals surface area contributed by atoms with Crippen molar-refractivity contribution >= 4 is 33.5 Å². The SMILES string of the molecule is C[C@H](OC(=O)c1ccccc1Br)C(=O)Nc1ccccc1F. The zero-order valence-corrected chi connectivity index (χ0v) is 13.3. The fourth-order valence-electron chi connectivity index (χ4n) is 1.70. The summed E-state index contributed by atoms with van der Waals surface area (Å²) in [5, 5.41) is 2.38. The number of halogens is 2. The number of rotatable bonds is 4. The average molecular weight is 366 g/mol. The Balaban J connectivity index is 2.01. The third kappa shape index (κ3) is 3.92. The molecule has 2 aromatic carbocycles. The van der Waals surface area contributed by atoms with Crippen LogP contribution in [0.15, 0.2) is 53.0 Å². The number of carbonyl (C=O) groups excluding carboxylic acids is 2. The predicted molar refractivity (Wildman–Crippen MR) is 84.0 cm³/mol. The summed E-state index contributed by atoms with van der Waals surface area (Å²) >= 11 is 3.24. The summed E-state index contributed by atoms with van der Waals surface area (Å²) in [5.41, 5.74) is 0.351. The highest BCUT2D eigenvalue weighted by Crippen LogP contribution is 2.18. The van der Waals surface area contributed by atoms with Gasteiger partial charge in [-0.1, -0.05) is 24.3 Å². The third-order valence-electron chi connectivity index (χ3n) is 2.88. The number of hydrogen-bond acceptors (Lipinski definition) is 3. The lowest BCUT2D eigenvalue weighted by atomic mass is 10.2. The van der Waals surface area contributed by atoms with Gasteiger partial charge in [0.1, 0.15) is 5.82 Å². The van der Waals surface area contributed by atoms with Gasteiger partial charge in [0.15, 0.2) is 6.10 Å². The zero-order chi connectivity index (χ0) is 16.1. The molecule has 0 saturated carbocycles. The van der Waals surface area contributed by atoms with Gasteiger partial charge in [-0.25, -0.2) is 9.18 Å². The smallest absolute Gasteiger partial charge is 0.340 e. The van der Waals surface area contributed by atoms with Crippen molar-refractivity contribution in [3.05, 3.63) is 64.4 Å². The average Bonchev–Trinajstić information content (AvgIpc) is 2.49. The molecule has 0 saturated heterocycles. The van der Waals surface area contributed by atoms with Gasteiger partial charge in [-0.3, -0.25) is 4.79 Å². The van der Waals surface area contributed by atoms with Gasteiger partial charge in [-0.05, 0) is 47.1 Å². The fraction of sp³-hybridized carbons (Fsp3) is 0.125. The van der Waals surface area contributed by atoms with E-state index in [2.05, 4.69) is 21.2 Å². The Bertz CT molecular complexity index is 705. The van der Waals surface area contributed by atoms with Crippen LogP contribution in [0.25, 0.3) is 0 Å². The van der Waals surface area contributed by atoms with Gasteiger partial charge < -0.3 is 10.1 Å². The van der Waals surface area contributed by atoms with Crippen LogP contribution in [0.1, 0.15) is 17.3 Å². The number of esters is 1. The second-order valence-electron chi connectivity index (χ2n) is 4.50. The van der Waals surface area contributed by atoms with Gasteiger partial charge in [0.05, 0.1) is 11.3 Å². The lowest BCUT2D eigenvalue weighted by Crippen LogP contribution is -2.30. The summed E-state index contributed by atoms with van der Waals surface area (Å²) in [7, 11) is 0. The maximum Gasteiger partial charge on any atom is 0.340 e. The van der Waals surface area contributed by atoms with Crippen molar-refractivity contribution in [1.82, 2.24) is 0 Å². The summed E-state index contributed by atoms with van der Waals surface area (Å²) in [5.74, 6) is -1.80. The summed E-state index contributed by atoms with van der Waals surface area (Å²) in [6.07, 6.45) is -1.06. The molecule has 0 aromatic heterocycles. The van der Waals surface area contributed by atoms with E-state index in [0.29, 0.717) is 10.0 Å². The van der Waals surface area contributed by atoms with Crippen LogP contribution < -0.4 is 5.32 Å². The molecular formula is C16H13BrFNO3. The van der Waals surface area contributed by atoms with Gasteiger partial charge in [0.25, 0.3) is 5.91 Å². The van der Waals surface area contributed by atoms with E-state index in [1.165, 1.54) is 25.1 Å². The molecule has 0 fully saturated rings. The van der Waals surface area contributed by atoms with Crippen LogP contribution in [-0.2, 0) is 9.53 Å². The van der Waals surface area contributed by atoms with Crippen LogP contribution in [-0.4, -0.2) is 18.0 Å². The summed E-state index contributed by atoms with van der Waals surface area (Å²) in [6, 6.07) is 12.5. The van der Waals surface area contributed by atoms with E-state index in [-0.39, 0.29) is 5.69 Å². The summed E-state index contributed by atoms with van der Waals surface area (Å²) in [6.45, 7) is 1.42. The van der Waals surface area contributed by atoms with E-state index in [9.17, 15) is 14.0 Å². The maximum absolute atomic E-state index is 13.5. The second-order valence-corrected chi connectivity index (χ2v) is 5.35. The number of hydrogen-bond donors (Lipinski definition) is 1. The van der Waals surface area contributed by atoms with E-state index in [0.717, 1.165) is 0 Å². The minimum absolute atomic E-state index is 0.0382. The molecule has 0 heterocycles. The molecule has 1 amide bonds. The molecule has 0 radical (unpaired) electrons. The van der Waals surface area contributed by atoms with Crippen molar-refractivity contribution in [3.8, 4) is 0 Å². The van der Waals surface area contributed by atoms with Gasteiger partial charge >= 0.3 is 5.97 Å². The molecule has 0 bridgehead atoms. The first-order valence-corrected chi connectivity index (χ1v) is 7.29. The first-order valence-electron chi connectivity index (χ1n) is 6.50. The van der Waals surface area contributed by atoms with Gasteiger partial charge in [-0.2, -0.15) is 0 Å². The predicted octanol–water partition coefficient (Wildman–Crippen LogP) is 3.77. The van der Waals surface area contributed by atoms with Crippen molar-refractivity contribution in [2.24, 2.45) is 0 Å². The number of para-hydroxylation sites is 1. The van der Waals surface area contributed by atoms with E-state index in [1.807, 2.05) is 0 Å². The molecule has 0 spiro atoms. The van der Waals surface area contributed by atoms with Crippen molar-refractivity contribution in [2.75, 3.05) is 5.32 Å². The van der Waals surface area contributed by atoms with Gasteiger partial charge in [0.2, 0.25) is 0 Å². The monoisotopic (exact) mass is 365 g/mol. The Morgan fingerprint density at radius 2 is 1.77 bits per heavy atom. The van der Waals surface area contributed by atoms with E-state index in [1.54, 1.807) is 30.3 Å². The first-order chi connectivity index (χ1) is 10.5. The highest BCUT2D eigenvalue weighted by molar-refractivity contribution is 9.10. The van der Waals surface area contributed by atoms with Crippen molar-refractivity contribution < 1.29 is 18.7 Å². The molecule has 0 aliphatic heterocycles. The quantitative estimate of drug-likeness (QED) is 0.839. The molecule has 2 aromatic rings. The molecule has 1 N–H and O–H groups in total. The number of nitrogens with one attached hydrogen (secondary N) is 1. The molecule has 114 valence electrons. The minimum Gasteiger partial charge on any atom is -0.449 e. The van der Waals surface area contributed by atoms with E-state index < -0.39 is 23.8 Å².